The lowest BCUT2D eigenvalue weighted by molar-refractivity contribution is -0.0997. The summed E-state index contributed by atoms with van der Waals surface area (Å²) in [5.74, 6) is 0. The zero-order chi connectivity index (χ0) is 16.5. The van der Waals surface area contributed by atoms with Crippen LogP contribution in [0.15, 0.2) is 53.5 Å². The number of piperidine rings is 1. The topological polar surface area (TPSA) is 54.3 Å². The fourth-order valence-electron chi connectivity index (χ4n) is 3.22. The number of hydrogen-bond donors (Lipinski definition) is 2. The van der Waals surface area contributed by atoms with Crippen molar-refractivity contribution >= 4 is 0 Å². The number of hydrogen-bond acceptors (Lipinski definition) is 3. The second-order valence-electron chi connectivity index (χ2n) is 7.09. The summed E-state index contributed by atoms with van der Waals surface area (Å²) < 4.78 is 1.62. The van der Waals surface area contributed by atoms with Crippen molar-refractivity contribution in [3.05, 3.63) is 59.0 Å². The Balaban J connectivity index is 1.89. The van der Waals surface area contributed by atoms with Crippen molar-refractivity contribution in [2.75, 3.05) is 13.1 Å². The molecule has 0 bridgehead atoms. The molecule has 0 aliphatic carbocycles. The molecule has 2 aromatic rings. The average molecular weight is 312 g/mol. The summed E-state index contributed by atoms with van der Waals surface area (Å²) in [6.45, 7) is 5.94. The van der Waals surface area contributed by atoms with E-state index >= 15 is 0 Å². The van der Waals surface area contributed by atoms with Crippen LogP contribution in [0.4, 0.5) is 0 Å². The molecule has 122 valence electrons. The van der Waals surface area contributed by atoms with Gasteiger partial charge >= 0.3 is 0 Å². The number of nitrogens with zero attached hydrogens (tertiary/aromatic N) is 1. The van der Waals surface area contributed by atoms with Crippen molar-refractivity contribution in [2.24, 2.45) is 5.41 Å². The third-order valence-electron chi connectivity index (χ3n) is 5.08. The van der Waals surface area contributed by atoms with E-state index in [0.717, 1.165) is 24.2 Å². The molecule has 1 aromatic heterocycles. The van der Waals surface area contributed by atoms with Crippen molar-refractivity contribution < 1.29 is 5.11 Å². The average Bonchev–Trinajstić information content (AvgIpc) is 2.53. The molecule has 0 radical (unpaired) electrons. The van der Waals surface area contributed by atoms with E-state index in [1.54, 1.807) is 16.8 Å². The van der Waals surface area contributed by atoms with Gasteiger partial charge in [0.1, 0.15) is 0 Å². The van der Waals surface area contributed by atoms with Gasteiger partial charge in [-0.15, -0.1) is 0 Å². The molecule has 2 heterocycles. The number of aromatic nitrogens is 1. The predicted octanol–water partition coefficient (Wildman–Crippen LogP) is 2.27. The minimum Gasteiger partial charge on any atom is -0.387 e. The van der Waals surface area contributed by atoms with Gasteiger partial charge in [-0.1, -0.05) is 44.2 Å². The summed E-state index contributed by atoms with van der Waals surface area (Å²) in [6, 6.07) is 13.4. The Hall–Kier alpha value is -1.91. The van der Waals surface area contributed by atoms with Crippen LogP contribution in [0, 0.1) is 5.41 Å². The van der Waals surface area contributed by atoms with Crippen LogP contribution in [-0.2, 0) is 6.54 Å². The summed E-state index contributed by atoms with van der Waals surface area (Å²) >= 11 is 0. The number of benzene rings is 1. The van der Waals surface area contributed by atoms with Crippen LogP contribution in [0.1, 0.15) is 20.3 Å². The zero-order valence-electron chi connectivity index (χ0n) is 13.7. The van der Waals surface area contributed by atoms with Crippen molar-refractivity contribution in [3.8, 4) is 11.1 Å². The van der Waals surface area contributed by atoms with Crippen LogP contribution in [-0.4, -0.2) is 28.4 Å². The van der Waals surface area contributed by atoms with Crippen LogP contribution in [0.5, 0.6) is 0 Å². The lowest BCUT2D eigenvalue weighted by atomic mass is 9.70. The van der Waals surface area contributed by atoms with E-state index in [9.17, 15) is 9.90 Å². The number of nitrogens with one attached hydrogen (secondary N) is 1. The van der Waals surface area contributed by atoms with Gasteiger partial charge in [-0.2, -0.15) is 0 Å². The van der Waals surface area contributed by atoms with Gasteiger partial charge in [0.05, 0.1) is 12.1 Å². The summed E-state index contributed by atoms with van der Waals surface area (Å²) in [5, 5.41) is 14.4. The Labute approximate surface area is 136 Å². The Morgan fingerprint density at radius 1 is 1.17 bits per heavy atom. The van der Waals surface area contributed by atoms with E-state index in [0.29, 0.717) is 13.0 Å². The fourth-order valence-corrected chi connectivity index (χ4v) is 3.22. The fraction of sp³-hybridized carbons (Fsp3) is 0.421. The second-order valence-corrected chi connectivity index (χ2v) is 7.09. The molecule has 1 aliphatic heterocycles. The molecule has 0 saturated carbocycles. The third-order valence-corrected chi connectivity index (χ3v) is 5.08. The van der Waals surface area contributed by atoms with Crippen LogP contribution in [0.2, 0.25) is 0 Å². The molecule has 0 amide bonds. The van der Waals surface area contributed by atoms with Crippen LogP contribution in [0.3, 0.4) is 0 Å². The van der Waals surface area contributed by atoms with Gasteiger partial charge in [0.25, 0.3) is 5.56 Å². The molecule has 1 aromatic carbocycles. The van der Waals surface area contributed by atoms with E-state index < -0.39 is 5.60 Å². The van der Waals surface area contributed by atoms with Crippen molar-refractivity contribution in [1.82, 2.24) is 9.88 Å². The summed E-state index contributed by atoms with van der Waals surface area (Å²) in [6.07, 6.45) is 2.44. The number of aliphatic hydroxyl groups is 1. The molecular formula is C19H24N2O2. The standard InChI is InChI=1S/C19H24N2O2/c1-18(2)13-20-10-9-19(18,23)14-21-11-8-16(12-17(21)22)15-6-4-3-5-7-15/h3-8,11-12,20,23H,9-10,13-14H2,1-2H3/t19-/m1/s1. The maximum absolute atomic E-state index is 12.5. The van der Waals surface area contributed by atoms with Gasteiger partial charge in [0.2, 0.25) is 0 Å². The van der Waals surface area contributed by atoms with Gasteiger partial charge in [-0.3, -0.25) is 4.79 Å². The first kappa shape index (κ1) is 16.0. The summed E-state index contributed by atoms with van der Waals surface area (Å²) in [7, 11) is 0. The smallest absolute Gasteiger partial charge is 0.251 e. The molecule has 4 nitrogen and oxygen atoms in total. The van der Waals surface area contributed by atoms with E-state index in [2.05, 4.69) is 5.32 Å². The van der Waals surface area contributed by atoms with E-state index in [1.807, 2.05) is 50.2 Å². The molecule has 0 unspecified atom stereocenters. The van der Waals surface area contributed by atoms with Crippen LogP contribution < -0.4 is 10.9 Å². The Morgan fingerprint density at radius 3 is 2.57 bits per heavy atom. The second kappa shape index (κ2) is 5.95. The lowest BCUT2D eigenvalue weighted by Crippen LogP contribution is -2.58. The van der Waals surface area contributed by atoms with E-state index in [4.69, 9.17) is 0 Å². The highest BCUT2D eigenvalue weighted by molar-refractivity contribution is 5.62. The van der Waals surface area contributed by atoms with Gasteiger partial charge in [0, 0.05) is 24.2 Å². The van der Waals surface area contributed by atoms with Gasteiger partial charge in [0.15, 0.2) is 0 Å². The lowest BCUT2D eigenvalue weighted by Gasteiger charge is -2.46. The molecule has 1 atom stereocenters. The van der Waals surface area contributed by atoms with Gasteiger partial charge in [-0.05, 0) is 30.2 Å². The quantitative estimate of drug-likeness (QED) is 0.914. The predicted molar refractivity (Wildman–Crippen MR) is 92.4 cm³/mol. The van der Waals surface area contributed by atoms with Crippen molar-refractivity contribution in [2.45, 2.75) is 32.4 Å². The number of rotatable bonds is 3. The zero-order valence-corrected chi connectivity index (χ0v) is 13.7. The summed E-state index contributed by atoms with van der Waals surface area (Å²) in [5.41, 5.74) is 0.703. The third kappa shape index (κ3) is 3.09. The van der Waals surface area contributed by atoms with Crippen molar-refractivity contribution in [1.29, 1.82) is 0 Å². The first-order valence-corrected chi connectivity index (χ1v) is 8.10. The Morgan fingerprint density at radius 2 is 1.91 bits per heavy atom. The van der Waals surface area contributed by atoms with Crippen molar-refractivity contribution in [3.63, 3.8) is 0 Å². The maximum Gasteiger partial charge on any atom is 0.251 e. The minimum atomic E-state index is -0.879. The highest BCUT2D eigenvalue weighted by atomic mass is 16.3. The largest absolute Gasteiger partial charge is 0.387 e. The monoisotopic (exact) mass is 312 g/mol. The first-order valence-electron chi connectivity index (χ1n) is 8.10. The molecule has 3 rings (SSSR count). The van der Waals surface area contributed by atoms with Gasteiger partial charge in [-0.25, -0.2) is 0 Å². The molecule has 2 N–H and O–H groups in total. The van der Waals surface area contributed by atoms with E-state index in [1.165, 1.54) is 0 Å². The Bertz CT molecular complexity index is 737. The molecule has 1 fully saturated rings. The minimum absolute atomic E-state index is 0.0749. The molecular weight excluding hydrogens is 288 g/mol. The highest BCUT2D eigenvalue weighted by Crippen LogP contribution is 2.36. The Kier molecular flexibility index (Phi) is 4.13. The maximum atomic E-state index is 12.5. The normalized spacial score (nSPS) is 23.6. The van der Waals surface area contributed by atoms with Gasteiger partial charge < -0.3 is 15.0 Å². The highest BCUT2D eigenvalue weighted by Gasteiger charge is 2.45. The molecule has 23 heavy (non-hydrogen) atoms. The molecule has 0 spiro atoms. The first-order chi connectivity index (χ1) is 10.9. The SMILES string of the molecule is CC1(C)CNCC[C@@]1(O)Cn1ccc(-c2ccccc2)cc1=O. The molecule has 1 aliphatic rings. The summed E-state index contributed by atoms with van der Waals surface area (Å²) in [4.78, 5) is 12.5. The number of pyridine rings is 1. The van der Waals surface area contributed by atoms with Crippen LogP contribution >= 0.6 is 0 Å². The van der Waals surface area contributed by atoms with E-state index in [-0.39, 0.29) is 11.0 Å². The molecule has 1 saturated heterocycles. The van der Waals surface area contributed by atoms with Crippen LogP contribution in [0.25, 0.3) is 11.1 Å². The molecule has 4 heteroatoms.